The van der Waals surface area contributed by atoms with E-state index in [9.17, 15) is 8.78 Å². The van der Waals surface area contributed by atoms with Crippen LogP contribution < -0.4 is 5.32 Å². The molecule has 0 saturated heterocycles. The monoisotopic (exact) mass is 251 g/mol. The SMILES string of the molecule is CNC(Cc1cc(F)ccc1F)c1coc(C)c1. The second-order valence-electron chi connectivity index (χ2n) is 4.27. The predicted molar refractivity (Wildman–Crippen MR) is 65.3 cm³/mol. The second-order valence-corrected chi connectivity index (χ2v) is 4.27. The number of hydrogen-bond acceptors (Lipinski definition) is 2. The molecule has 0 saturated carbocycles. The summed E-state index contributed by atoms with van der Waals surface area (Å²) in [7, 11) is 1.78. The van der Waals surface area contributed by atoms with E-state index >= 15 is 0 Å². The summed E-state index contributed by atoms with van der Waals surface area (Å²) in [5.74, 6) is -0.0218. The molecular formula is C14H15F2NO. The zero-order valence-corrected chi connectivity index (χ0v) is 10.3. The number of benzene rings is 1. The molecule has 1 aromatic carbocycles. The Morgan fingerprint density at radius 2 is 2.06 bits per heavy atom. The van der Waals surface area contributed by atoms with Crippen LogP contribution in [0.25, 0.3) is 0 Å². The summed E-state index contributed by atoms with van der Waals surface area (Å²) in [6.45, 7) is 1.85. The average Bonchev–Trinajstić information content (AvgIpc) is 2.77. The van der Waals surface area contributed by atoms with E-state index in [2.05, 4.69) is 5.32 Å². The first-order valence-electron chi connectivity index (χ1n) is 5.76. The smallest absolute Gasteiger partial charge is 0.126 e. The summed E-state index contributed by atoms with van der Waals surface area (Å²) in [6.07, 6.45) is 2.01. The Morgan fingerprint density at radius 1 is 1.28 bits per heavy atom. The first-order valence-corrected chi connectivity index (χ1v) is 5.76. The van der Waals surface area contributed by atoms with E-state index in [0.717, 1.165) is 23.5 Å². The summed E-state index contributed by atoms with van der Waals surface area (Å²) in [4.78, 5) is 0. The van der Waals surface area contributed by atoms with Crippen molar-refractivity contribution in [3.8, 4) is 0 Å². The lowest BCUT2D eigenvalue weighted by atomic mass is 10.0. The Morgan fingerprint density at radius 3 is 2.67 bits per heavy atom. The standard InChI is InChI=1S/C14H15F2NO/c1-9-5-11(8-18-9)14(17-2)7-10-6-12(15)3-4-13(10)16/h3-6,8,14,17H,7H2,1-2H3. The summed E-state index contributed by atoms with van der Waals surface area (Å²) < 4.78 is 31.9. The molecule has 1 N–H and O–H groups in total. The summed E-state index contributed by atoms with van der Waals surface area (Å²) in [5, 5.41) is 3.08. The van der Waals surface area contributed by atoms with Gasteiger partial charge in [-0.2, -0.15) is 0 Å². The average molecular weight is 251 g/mol. The van der Waals surface area contributed by atoms with Crippen LogP contribution in [0.4, 0.5) is 8.78 Å². The topological polar surface area (TPSA) is 25.2 Å². The van der Waals surface area contributed by atoms with Gasteiger partial charge < -0.3 is 9.73 Å². The zero-order valence-electron chi connectivity index (χ0n) is 10.3. The van der Waals surface area contributed by atoms with Crippen molar-refractivity contribution in [3.05, 3.63) is 59.1 Å². The maximum absolute atomic E-state index is 13.6. The van der Waals surface area contributed by atoms with Crippen molar-refractivity contribution in [2.24, 2.45) is 0 Å². The molecule has 18 heavy (non-hydrogen) atoms. The number of nitrogens with one attached hydrogen (secondary N) is 1. The van der Waals surface area contributed by atoms with Gasteiger partial charge in [-0.25, -0.2) is 8.78 Å². The lowest BCUT2D eigenvalue weighted by molar-refractivity contribution is 0.514. The Kier molecular flexibility index (Phi) is 3.77. The minimum Gasteiger partial charge on any atom is -0.469 e. The van der Waals surface area contributed by atoms with Crippen LogP contribution in [0.1, 0.15) is 22.9 Å². The van der Waals surface area contributed by atoms with Crippen molar-refractivity contribution in [1.29, 1.82) is 0 Å². The molecule has 2 rings (SSSR count). The molecule has 0 fully saturated rings. The summed E-state index contributed by atoms with van der Waals surface area (Å²) in [5.41, 5.74) is 1.28. The molecule has 4 heteroatoms. The minimum absolute atomic E-state index is 0.0984. The first kappa shape index (κ1) is 12.8. The highest BCUT2D eigenvalue weighted by Crippen LogP contribution is 2.22. The van der Waals surface area contributed by atoms with Gasteiger partial charge >= 0.3 is 0 Å². The Labute approximate surface area is 105 Å². The lowest BCUT2D eigenvalue weighted by Gasteiger charge is -2.14. The van der Waals surface area contributed by atoms with E-state index in [4.69, 9.17) is 4.42 Å². The quantitative estimate of drug-likeness (QED) is 0.901. The Balaban J connectivity index is 2.22. The molecule has 96 valence electrons. The molecule has 0 radical (unpaired) electrons. The second kappa shape index (κ2) is 5.31. The lowest BCUT2D eigenvalue weighted by Crippen LogP contribution is -2.18. The number of rotatable bonds is 4. The van der Waals surface area contributed by atoms with Gasteiger partial charge in [-0.1, -0.05) is 0 Å². The van der Waals surface area contributed by atoms with E-state index in [1.54, 1.807) is 13.3 Å². The normalized spacial score (nSPS) is 12.7. The van der Waals surface area contributed by atoms with E-state index in [1.165, 1.54) is 6.07 Å². The molecule has 0 bridgehead atoms. The molecule has 2 aromatic rings. The van der Waals surface area contributed by atoms with Crippen molar-refractivity contribution in [2.75, 3.05) is 7.05 Å². The van der Waals surface area contributed by atoms with E-state index < -0.39 is 11.6 Å². The van der Waals surface area contributed by atoms with Crippen molar-refractivity contribution >= 4 is 0 Å². The molecule has 0 spiro atoms. The maximum atomic E-state index is 13.6. The molecule has 1 atom stereocenters. The molecule has 0 aliphatic heterocycles. The predicted octanol–water partition coefficient (Wildman–Crippen LogP) is 3.37. The van der Waals surface area contributed by atoms with Gasteiger partial charge in [0.05, 0.1) is 6.26 Å². The third-order valence-electron chi connectivity index (χ3n) is 2.93. The molecule has 2 nitrogen and oxygen atoms in total. The van der Waals surface area contributed by atoms with Crippen LogP contribution in [-0.4, -0.2) is 7.05 Å². The van der Waals surface area contributed by atoms with E-state index in [0.29, 0.717) is 12.0 Å². The van der Waals surface area contributed by atoms with Gasteiger partial charge in [0.2, 0.25) is 0 Å². The number of aryl methyl sites for hydroxylation is 1. The van der Waals surface area contributed by atoms with Crippen LogP contribution in [0, 0.1) is 18.6 Å². The van der Waals surface area contributed by atoms with Crippen molar-refractivity contribution in [3.63, 3.8) is 0 Å². The number of halogens is 2. The van der Waals surface area contributed by atoms with E-state index in [1.807, 2.05) is 13.0 Å². The number of likely N-dealkylation sites (N-methyl/N-ethyl adjacent to an activating group) is 1. The minimum atomic E-state index is -0.426. The largest absolute Gasteiger partial charge is 0.469 e. The molecule has 1 heterocycles. The van der Waals surface area contributed by atoms with Crippen molar-refractivity contribution in [2.45, 2.75) is 19.4 Å². The fraction of sp³-hybridized carbons (Fsp3) is 0.286. The zero-order chi connectivity index (χ0) is 13.1. The maximum Gasteiger partial charge on any atom is 0.126 e. The van der Waals surface area contributed by atoms with Crippen molar-refractivity contribution in [1.82, 2.24) is 5.32 Å². The van der Waals surface area contributed by atoms with E-state index in [-0.39, 0.29) is 6.04 Å². The highest BCUT2D eigenvalue weighted by atomic mass is 19.1. The molecule has 0 aliphatic rings. The third kappa shape index (κ3) is 2.76. The Bertz CT molecular complexity index is 536. The van der Waals surface area contributed by atoms with Crippen LogP contribution in [0.5, 0.6) is 0 Å². The van der Waals surface area contributed by atoms with Gasteiger partial charge in [0.15, 0.2) is 0 Å². The molecule has 0 amide bonds. The van der Waals surface area contributed by atoms with Gasteiger partial charge in [0, 0.05) is 11.6 Å². The third-order valence-corrected chi connectivity index (χ3v) is 2.93. The number of furan rings is 1. The fourth-order valence-corrected chi connectivity index (χ4v) is 1.95. The van der Waals surface area contributed by atoms with Crippen LogP contribution in [0.3, 0.4) is 0 Å². The van der Waals surface area contributed by atoms with Crippen LogP contribution in [-0.2, 0) is 6.42 Å². The first-order chi connectivity index (χ1) is 8.60. The van der Waals surface area contributed by atoms with Crippen molar-refractivity contribution < 1.29 is 13.2 Å². The number of hydrogen-bond donors (Lipinski definition) is 1. The molecule has 1 unspecified atom stereocenters. The Hall–Kier alpha value is -1.68. The van der Waals surface area contributed by atoms with Crippen LogP contribution in [0.2, 0.25) is 0 Å². The van der Waals surface area contributed by atoms with Gasteiger partial charge in [-0.05, 0) is 50.2 Å². The van der Waals surface area contributed by atoms with Gasteiger partial charge in [-0.3, -0.25) is 0 Å². The highest BCUT2D eigenvalue weighted by molar-refractivity contribution is 5.24. The molecule has 1 aromatic heterocycles. The fourth-order valence-electron chi connectivity index (χ4n) is 1.95. The van der Waals surface area contributed by atoms with Crippen LogP contribution in [0.15, 0.2) is 34.9 Å². The van der Waals surface area contributed by atoms with Gasteiger partial charge in [0.1, 0.15) is 17.4 Å². The van der Waals surface area contributed by atoms with Crippen LogP contribution >= 0.6 is 0 Å². The summed E-state index contributed by atoms with van der Waals surface area (Å²) in [6, 6.07) is 5.29. The highest BCUT2D eigenvalue weighted by Gasteiger charge is 2.15. The van der Waals surface area contributed by atoms with Gasteiger partial charge in [-0.15, -0.1) is 0 Å². The molecule has 0 aliphatic carbocycles. The molecular weight excluding hydrogens is 236 g/mol. The summed E-state index contributed by atoms with van der Waals surface area (Å²) >= 11 is 0. The van der Waals surface area contributed by atoms with Gasteiger partial charge in [0.25, 0.3) is 0 Å².